The second kappa shape index (κ2) is 9.15. The molecule has 0 spiro atoms. The summed E-state index contributed by atoms with van der Waals surface area (Å²) in [5, 5.41) is 14.7. The topological polar surface area (TPSA) is 95.5 Å². The minimum Gasteiger partial charge on any atom is -0.480 e. The molecular weight excluding hydrogens is 320 g/mol. The Kier molecular flexibility index (Phi) is 7.54. The lowest BCUT2D eigenvalue weighted by molar-refractivity contribution is -0.143. The number of halogens is 1. The fraction of sp³-hybridized carbons (Fsp3) is 0.438. The number of nitrogens with one attached hydrogen (secondary N) is 2. The van der Waals surface area contributed by atoms with Gasteiger partial charge in [-0.2, -0.15) is 0 Å². The molecule has 0 aliphatic rings. The second-order valence-electron chi connectivity index (χ2n) is 5.49. The highest BCUT2D eigenvalue weighted by atomic mass is 35.5. The largest absolute Gasteiger partial charge is 0.480 e. The summed E-state index contributed by atoms with van der Waals surface area (Å²) in [7, 11) is 0. The lowest BCUT2D eigenvalue weighted by Gasteiger charge is -2.17. The van der Waals surface area contributed by atoms with Crippen molar-refractivity contribution in [2.24, 2.45) is 5.92 Å². The normalized spacial score (nSPS) is 11.8. The van der Waals surface area contributed by atoms with E-state index in [2.05, 4.69) is 10.6 Å². The van der Waals surface area contributed by atoms with Crippen LogP contribution in [0.3, 0.4) is 0 Å². The maximum absolute atomic E-state index is 11.8. The zero-order chi connectivity index (χ0) is 17.4. The predicted molar refractivity (Wildman–Crippen MR) is 87.4 cm³/mol. The summed E-state index contributed by atoms with van der Waals surface area (Å²) in [5.41, 5.74) is 0.490. The van der Waals surface area contributed by atoms with Crippen molar-refractivity contribution in [3.05, 3.63) is 34.9 Å². The summed E-state index contributed by atoms with van der Waals surface area (Å²) in [6, 6.07) is 5.59. The van der Waals surface area contributed by atoms with Gasteiger partial charge in [-0.1, -0.05) is 25.4 Å². The van der Waals surface area contributed by atoms with E-state index in [0.717, 1.165) is 0 Å². The summed E-state index contributed by atoms with van der Waals surface area (Å²) in [6.07, 6.45) is 0.576. The molecule has 6 nitrogen and oxygen atoms in total. The molecule has 1 rings (SSSR count). The van der Waals surface area contributed by atoms with E-state index in [-0.39, 0.29) is 24.2 Å². The van der Waals surface area contributed by atoms with Gasteiger partial charge in [-0.05, 0) is 36.6 Å². The molecule has 2 amide bonds. The first-order valence-electron chi connectivity index (χ1n) is 7.37. The Hall–Kier alpha value is -2.08. The van der Waals surface area contributed by atoms with Crippen molar-refractivity contribution < 1.29 is 19.5 Å². The fourth-order valence-corrected chi connectivity index (χ4v) is 2.04. The van der Waals surface area contributed by atoms with Crippen molar-refractivity contribution >= 4 is 29.4 Å². The maximum Gasteiger partial charge on any atom is 0.326 e. The third-order valence-electron chi connectivity index (χ3n) is 3.22. The van der Waals surface area contributed by atoms with Crippen LogP contribution in [0.2, 0.25) is 5.02 Å². The van der Waals surface area contributed by atoms with E-state index in [9.17, 15) is 14.4 Å². The molecule has 0 fully saturated rings. The quantitative estimate of drug-likeness (QED) is 0.631. The van der Waals surface area contributed by atoms with E-state index in [0.29, 0.717) is 23.6 Å². The second-order valence-corrected chi connectivity index (χ2v) is 5.93. The van der Waals surface area contributed by atoms with Crippen LogP contribution in [0.4, 0.5) is 0 Å². The summed E-state index contributed by atoms with van der Waals surface area (Å²) in [6.45, 7) is 3.78. The highest BCUT2D eigenvalue weighted by Crippen LogP contribution is 2.09. The average Bonchev–Trinajstić information content (AvgIpc) is 2.49. The minimum absolute atomic E-state index is 0.150. The van der Waals surface area contributed by atoms with E-state index < -0.39 is 12.0 Å². The summed E-state index contributed by atoms with van der Waals surface area (Å²) < 4.78 is 0. The maximum atomic E-state index is 11.8. The van der Waals surface area contributed by atoms with Gasteiger partial charge in [-0.15, -0.1) is 0 Å². The van der Waals surface area contributed by atoms with Crippen molar-refractivity contribution in [1.82, 2.24) is 10.6 Å². The molecule has 1 atom stereocenters. The van der Waals surface area contributed by atoms with E-state index in [1.165, 1.54) is 0 Å². The number of carbonyl (C=O) groups excluding carboxylic acids is 2. The predicted octanol–water partition coefficient (Wildman–Crippen LogP) is 2.08. The Morgan fingerprint density at radius 1 is 1.17 bits per heavy atom. The number of benzene rings is 1. The van der Waals surface area contributed by atoms with Gasteiger partial charge in [0, 0.05) is 23.6 Å². The molecule has 7 heteroatoms. The number of carboxylic acids is 1. The van der Waals surface area contributed by atoms with Gasteiger partial charge in [0.1, 0.15) is 6.04 Å². The highest BCUT2D eigenvalue weighted by Gasteiger charge is 2.22. The molecule has 126 valence electrons. The van der Waals surface area contributed by atoms with Crippen LogP contribution in [0.5, 0.6) is 0 Å². The number of amides is 2. The van der Waals surface area contributed by atoms with Crippen LogP contribution in [0.15, 0.2) is 24.3 Å². The van der Waals surface area contributed by atoms with Crippen molar-refractivity contribution in [3.63, 3.8) is 0 Å². The molecule has 0 radical (unpaired) electrons. The number of hydrogen-bond donors (Lipinski definition) is 3. The minimum atomic E-state index is -1.05. The Bertz CT molecular complexity index is 558. The van der Waals surface area contributed by atoms with Crippen molar-refractivity contribution in [3.8, 4) is 0 Å². The Labute approximate surface area is 140 Å². The fourth-order valence-electron chi connectivity index (χ4n) is 1.91. The number of carbonyl (C=O) groups is 3. The van der Waals surface area contributed by atoms with Crippen LogP contribution in [-0.4, -0.2) is 35.5 Å². The van der Waals surface area contributed by atoms with Crippen molar-refractivity contribution in [1.29, 1.82) is 0 Å². The summed E-state index contributed by atoms with van der Waals surface area (Å²) in [5.74, 6) is -1.83. The van der Waals surface area contributed by atoms with Gasteiger partial charge >= 0.3 is 5.97 Å². The molecule has 0 unspecified atom stereocenters. The van der Waals surface area contributed by atoms with Crippen LogP contribution >= 0.6 is 11.6 Å². The van der Waals surface area contributed by atoms with Crippen LogP contribution in [0, 0.1) is 5.92 Å². The highest BCUT2D eigenvalue weighted by molar-refractivity contribution is 6.30. The molecule has 0 saturated carbocycles. The average molecular weight is 341 g/mol. The molecule has 23 heavy (non-hydrogen) atoms. The standard InChI is InChI=1S/C16H21ClN2O4/c1-10(2)14(16(22)23)19-13(20)4-3-9-18-15(21)11-5-7-12(17)8-6-11/h5-8,10,14H,3-4,9H2,1-2H3,(H,18,21)(H,19,20)(H,22,23)/t14-/m1/s1. The Morgan fingerprint density at radius 3 is 2.30 bits per heavy atom. The molecule has 3 N–H and O–H groups in total. The Morgan fingerprint density at radius 2 is 1.78 bits per heavy atom. The van der Waals surface area contributed by atoms with Crippen molar-refractivity contribution in [2.75, 3.05) is 6.54 Å². The van der Waals surface area contributed by atoms with E-state index in [4.69, 9.17) is 16.7 Å². The molecule has 0 aliphatic carbocycles. The molecule has 0 bridgehead atoms. The summed E-state index contributed by atoms with van der Waals surface area (Å²) in [4.78, 5) is 34.5. The SMILES string of the molecule is CC(C)[C@@H](NC(=O)CCCNC(=O)c1ccc(Cl)cc1)C(=O)O. The smallest absolute Gasteiger partial charge is 0.326 e. The Balaban J connectivity index is 2.31. The monoisotopic (exact) mass is 340 g/mol. The number of rotatable bonds is 8. The first kappa shape index (κ1) is 19.0. The zero-order valence-electron chi connectivity index (χ0n) is 13.1. The zero-order valence-corrected chi connectivity index (χ0v) is 13.9. The molecule has 0 aliphatic heterocycles. The van der Waals surface area contributed by atoms with Crippen LogP contribution in [-0.2, 0) is 9.59 Å². The van der Waals surface area contributed by atoms with Gasteiger partial charge in [-0.3, -0.25) is 9.59 Å². The van der Waals surface area contributed by atoms with Gasteiger partial charge in [0.2, 0.25) is 5.91 Å². The van der Waals surface area contributed by atoms with E-state index >= 15 is 0 Å². The number of hydrogen-bond acceptors (Lipinski definition) is 3. The molecule has 1 aromatic rings. The first-order chi connectivity index (χ1) is 10.8. The molecular formula is C16H21ClN2O4. The molecule has 0 heterocycles. The van der Waals surface area contributed by atoms with E-state index in [1.54, 1.807) is 38.1 Å². The van der Waals surface area contributed by atoms with Gasteiger partial charge in [-0.25, -0.2) is 4.79 Å². The summed E-state index contributed by atoms with van der Waals surface area (Å²) >= 11 is 5.75. The van der Waals surface area contributed by atoms with Gasteiger partial charge < -0.3 is 15.7 Å². The van der Waals surface area contributed by atoms with Gasteiger partial charge in [0.15, 0.2) is 0 Å². The van der Waals surface area contributed by atoms with Gasteiger partial charge in [0.05, 0.1) is 0 Å². The third kappa shape index (κ3) is 6.69. The van der Waals surface area contributed by atoms with Crippen LogP contribution < -0.4 is 10.6 Å². The lowest BCUT2D eigenvalue weighted by atomic mass is 10.0. The third-order valence-corrected chi connectivity index (χ3v) is 3.47. The van der Waals surface area contributed by atoms with Crippen LogP contribution in [0.25, 0.3) is 0 Å². The van der Waals surface area contributed by atoms with Crippen molar-refractivity contribution in [2.45, 2.75) is 32.7 Å². The molecule has 0 saturated heterocycles. The van der Waals surface area contributed by atoms with Crippen LogP contribution in [0.1, 0.15) is 37.0 Å². The number of aliphatic carboxylic acids is 1. The first-order valence-corrected chi connectivity index (χ1v) is 7.75. The number of carboxylic acid groups (broad SMARTS) is 1. The molecule has 1 aromatic carbocycles. The van der Waals surface area contributed by atoms with E-state index in [1.807, 2.05) is 0 Å². The molecule has 0 aromatic heterocycles. The van der Waals surface area contributed by atoms with Gasteiger partial charge in [0.25, 0.3) is 5.91 Å². The lowest BCUT2D eigenvalue weighted by Crippen LogP contribution is -2.44.